The molecular formula is C8H4ClIN2O. The van der Waals surface area contributed by atoms with Crippen LogP contribution in [0.1, 0.15) is 0 Å². The molecule has 0 radical (unpaired) electrons. The molecule has 13 heavy (non-hydrogen) atoms. The maximum atomic E-state index is 9.39. The van der Waals surface area contributed by atoms with Gasteiger partial charge in [-0.1, -0.05) is 11.6 Å². The summed E-state index contributed by atoms with van der Waals surface area (Å²) >= 11 is 7.86. The largest absolute Gasteiger partial charge is 0.493 e. The van der Waals surface area contributed by atoms with Crippen molar-refractivity contribution >= 4 is 45.0 Å². The Morgan fingerprint density at radius 3 is 2.77 bits per heavy atom. The van der Waals surface area contributed by atoms with Gasteiger partial charge in [0.1, 0.15) is 5.15 Å². The molecule has 2 rings (SSSR count). The summed E-state index contributed by atoms with van der Waals surface area (Å²) < 4.78 is 0.940. The van der Waals surface area contributed by atoms with Gasteiger partial charge < -0.3 is 5.11 Å². The fourth-order valence-corrected chi connectivity index (χ4v) is 1.81. The molecule has 0 aromatic carbocycles. The highest BCUT2D eigenvalue weighted by molar-refractivity contribution is 14.1. The molecule has 0 atom stereocenters. The Hall–Kier alpha value is -0.620. The summed E-state index contributed by atoms with van der Waals surface area (Å²) in [5.41, 5.74) is 0. The topological polar surface area (TPSA) is 46.0 Å². The third-order valence-electron chi connectivity index (χ3n) is 1.67. The molecule has 0 spiro atoms. The van der Waals surface area contributed by atoms with E-state index in [1.807, 2.05) is 0 Å². The number of hydrogen-bond donors (Lipinski definition) is 1. The molecule has 2 aromatic rings. The molecule has 3 nitrogen and oxygen atoms in total. The van der Waals surface area contributed by atoms with E-state index in [1.54, 1.807) is 12.3 Å². The fourth-order valence-electron chi connectivity index (χ4n) is 1.06. The molecule has 0 amide bonds. The van der Waals surface area contributed by atoms with Crippen LogP contribution >= 0.6 is 34.2 Å². The monoisotopic (exact) mass is 306 g/mol. The number of hydrogen-bond acceptors (Lipinski definition) is 3. The summed E-state index contributed by atoms with van der Waals surface area (Å²) in [5.74, 6) is -0.0143. The molecule has 0 aliphatic carbocycles. The van der Waals surface area contributed by atoms with E-state index < -0.39 is 0 Å². The van der Waals surface area contributed by atoms with Crippen LogP contribution in [0.3, 0.4) is 0 Å². The van der Waals surface area contributed by atoms with Crippen LogP contribution in [0.4, 0.5) is 0 Å². The van der Waals surface area contributed by atoms with Crippen molar-refractivity contribution in [3.8, 4) is 5.88 Å². The summed E-state index contributed by atoms with van der Waals surface area (Å²) in [6, 6.07) is 1.71. The van der Waals surface area contributed by atoms with Crippen LogP contribution < -0.4 is 0 Å². The van der Waals surface area contributed by atoms with Gasteiger partial charge >= 0.3 is 0 Å². The van der Waals surface area contributed by atoms with E-state index in [0.717, 1.165) is 8.96 Å². The van der Waals surface area contributed by atoms with E-state index in [1.165, 1.54) is 6.20 Å². The fraction of sp³-hybridized carbons (Fsp3) is 0. The normalized spacial score (nSPS) is 10.6. The highest BCUT2D eigenvalue weighted by Crippen LogP contribution is 2.26. The standard InChI is InChI=1S/C8H4ClIN2O/c9-7-1-4-5(2-11-7)8(13)12-3-6(4)10/h1-3H,(H,12,13). The summed E-state index contributed by atoms with van der Waals surface area (Å²) in [6.45, 7) is 0. The number of nitrogens with zero attached hydrogens (tertiary/aromatic N) is 2. The number of pyridine rings is 2. The van der Waals surface area contributed by atoms with Crippen LogP contribution in [0.2, 0.25) is 5.15 Å². The lowest BCUT2D eigenvalue weighted by Gasteiger charge is -2.01. The van der Waals surface area contributed by atoms with Crippen molar-refractivity contribution in [2.45, 2.75) is 0 Å². The van der Waals surface area contributed by atoms with Gasteiger partial charge in [0.05, 0.1) is 5.39 Å². The van der Waals surface area contributed by atoms with Crippen molar-refractivity contribution < 1.29 is 5.11 Å². The third-order valence-corrected chi connectivity index (χ3v) is 2.74. The lowest BCUT2D eigenvalue weighted by Crippen LogP contribution is -1.84. The van der Waals surface area contributed by atoms with Gasteiger partial charge in [-0.25, -0.2) is 9.97 Å². The van der Waals surface area contributed by atoms with Crippen LogP contribution in [0.15, 0.2) is 18.5 Å². The Labute approximate surface area is 92.9 Å². The molecule has 2 heterocycles. The third kappa shape index (κ3) is 1.55. The molecule has 0 saturated carbocycles. The average molecular weight is 306 g/mol. The van der Waals surface area contributed by atoms with Gasteiger partial charge in [-0.3, -0.25) is 0 Å². The summed E-state index contributed by atoms with van der Waals surface area (Å²) in [7, 11) is 0. The Balaban J connectivity index is 2.92. The molecule has 0 saturated heterocycles. The summed E-state index contributed by atoms with van der Waals surface area (Å²) in [4.78, 5) is 7.67. The van der Waals surface area contributed by atoms with Gasteiger partial charge in [0.15, 0.2) is 0 Å². The molecule has 66 valence electrons. The first-order valence-corrected chi connectivity index (χ1v) is 4.93. The zero-order chi connectivity index (χ0) is 9.42. The SMILES string of the molecule is Oc1ncc(I)c2cc(Cl)ncc12. The first-order chi connectivity index (χ1) is 6.18. The van der Waals surface area contributed by atoms with Crippen molar-refractivity contribution in [2.24, 2.45) is 0 Å². The number of halogens is 2. The van der Waals surface area contributed by atoms with Crippen LogP contribution in [-0.4, -0.2) is 15.1 Å². The predicted octanol–water partition coefficient (Wildman–Crippen LogP) is 2.59. The minimum Gasteiger partial charge on any atom is -0.493 e. The molecule has 5 heteroatoms. The van der Waals surface area contributed by atoms with Crippen LogP contribution in [-0.2, 0) is 0 Å². The number of fused-ring (bicyclic) bond motifs is 1. The zero-order valence-corrected chi connectivity index (χ0v) is 9.24. The highest BCUT2D eigenvalue weighted by atomic mass is 127. The maximum absolute atomic E-state index is 9.39. The summed E-state index contributed by atoms with van der Waals surface area (Å²) in [5, 5.41) is 11.3. The van der Waals surface area contributed by atoms with Crippen molar-refractivity contribution in [3.05, 3.63) is 27.2 Å². The number of aromatic nitrogens is 2. The van der Waals surface area contributed by atoms with E-state index in [-0.39, 0.29) is 5.88 Å². The van der Waals surface area contributed by atoms with E-state index in [9.17, 15) is 5.11 Å². The second kappa shape index (κ2) is 3.26. The van der Waals surface area contributed by atoms with Crippen molar-refractivity contribution in [3.63, 3.8) is 0 Å². The van der Waals surface area contributed by atoms with Gasteiger partial charge in [0.25, 0.3) is 0 Å². The molecule has 0 aliphatic rings. The van der Waals surface area contributed by atoms with E-state index >= 15 is 0 Å². The minimum absolute atomic E-state index is 0.0143. The van der Waals surface area contributed by atoms with E-state index in [4.69, 9.17) is 11.6 Å². The highest BCUT2D eigenvalue weighted by Gasteiger charge is 2.05. The Bertz CT molecular complexity index is 475. The lowest BCUT2D eigenvalue weighted by atomic mass is 10.2. The first kappa shape index (κ1) is 8.96. The Morgan fingerprint density at radius 2 is 2.00 bits per heavy atom. The molecule has 0 bridgehead atoms. The molecule has 0 fully saturated rings. The Kier molecular flexibility index (Phi) is 2.25. The maximum Gasteiger partial charge on any atom is 0.220 e. The molecule has 0 unspecified atom stereocenters. The average Bonchev–Trinajstić information content (AvgIpc) is 2.12. The molecule has 2 aromatic heterocycles. The van der Waals surface area contributed by atoms with Crippen molar-refractivity contribution in [1.82, 2.24) is 9.97 Å². The zero-order valence-electron chi connectivity index (χ0n) is 6.33. The second-order valence-electron chi connectivity index (χ2n) is 2.48. The van der Waals surface area contributed by atoms with Crippen molar-refractivity contribution in [1.29, 1.82) is 0 Å². The van der Waals surface area contributed by atoms with Crippen LogP contribution in [0.5, 0.6) is 5.88 Å². The van der Waals surface area contributed by atoms with Gasteiger partial charge in [0.2, 0.25) is 5.88 Å². The van der Waals surface area contributed by atoms with Crippen molar-refractivity contribution in [2.75, 3.05) is 0 Å². The summed E-state index contributed by atoms with van der Waals surface area (Å²) in [6.07, 6.45) is 3.11. The van der Waals surface area contributed by atoms with E-state index in [0.29, 0.717) is 10.5 Å². The smallest absolute Gasteiger partial charge is 0.220 e. The lowest BCUT2D eigenvalue weighted by molar-refractivity contribution is 0.460. The quantitative estimate of drug-likeness (QED) is 0.601. The van der Waals surface area contributed by atoms with Crippen LogP contribution in [0.25, 0.3) is 10.8 Å². The minimum atomic E-state index is -0.0143. The van der Waals surface area contributed by atoms with Gasteiger partial charge in [0, 0.05) is 21.4 Å². The van der Waals surface area contributed by atoms with Crippen LogP contribution in [0, 0.1) is 3.57 Å². The second-order valence-corrected chi connectivity index (χ2v) is 4.03. The number of aromatic hydroxyl groups is 1. The Morgan fingerprint density at radius 1 is 1.23 bits per heavy atom. The molecular weight excluding hydrogens is 302 g/mol. The molecule has 0 aliphatic heterocycles. The molecule has 1 N–H and O–H groups in total. The van der Waals surface area contributed by atoms with Gasteiger partial charge in [-0.15, -0.1) is 0 Å². The van der Waals surface area contributed by atoms with Gasteiger partial charge in [-0.2, -0.15) is 0 Å². The number of rotatable bonds is 0. The van der Waals surface area contributed by atoms with E-state index in [2.05, 4.69) is 32.6 Å². The van der Waals surface area contributed by atoms with Gasteiger partial charge in [-0.05, 0) is 28.7 Å². The first-order valence-electron chi connectivity index (χ1n) is 3.47. The predicted molar refractivity (Wildman–Crippen MR) is 58.9 cm³/mol.